The molecular weight excluding hydrogens is 392 g/mol. The van der Waals surface area contributed by atoms with Crippen LogP contribution >= 0.6 is 0 Å². The molecule has 0 aliphatic carbocycles. The summed E-state index contributed by atoms with van der Waals surface area (Å²) >= 11 is 0. The van der Waals surface area contributed by atoms with Crippen LogP contribution in [0.1, 0.15) is 22.8 Å². The Labute approximate surface area is 170 Å². The van der Waals surface area contributed by atoms with Crippen LogP contribution in [-0.2, 0) is 22.9 Å². The van der Waals surface area contributed by atoms with E-state index in [1.165, 1.54) is 25.8 Å². The third-order valence-electron chi connectivity index (χ3n) is 4.37. The summed E-state index contributed by atoms with van der Waals surface area (Å²) in [5.74, 6) is 1.96. The minimum absolute atomic E-state index is 0.0226. The molecule has 0 fully saturated rings. The topological polar surface area (TPSA) is 106 Å². The molecule has 29 heavy (non-hydrogen) atoms. The highest BCUT2D eigenvalue weighted by atomic mass is 32.2. The van der Waals surface area contributed by atoms with E-state index in [1.807, 2.05) is 31.2 Å². The maximum atomic E-state index is 12.6. The van der Waals surface area contributed by atoms with Gasteiger partial charge in [0.05, 0.1) is 14.2 Å². The number of hydrogen-bond donors (Lipinski definition) is 2. The minimum atomic E-state index is -3.77. The number of methoxy groups -OCH3 is 2. The SMILES string of the molecule is COc1ccc(OC)c(S(=O)(=O)NCCc2n[nH]c(Cc3ccc(C)cc3)n2)c1. The Morgan fingerprint density at radius 1 is 1.07 bits per heavy atom. The summed E-state index contributed by atoms with van der Waals surface area (Å²) in [5, 5.41) is 7.07. The third-order valence-corrected chi connectivity index (χ3v) is 5.85. The number of H-pyrrole nitrogens is 1. The molecule has 8 nitrogen and oxygen atoms in total. The Bertz CT molecular complexity index is 1060. The second-order valence-electron chi connectivity index (χ2n) is 6.53. The molecule has 0 saturated heterocycles. The van der Waals surface area contributed by atoms with Gasteiger partial charge >= 0.3 is 0 Å². The molecular formula is C20H24N4O4S. The van der Waals surface area contributed by atoms with Gasteiger partial charge in [-0.1, -0.05) is 29.8 Å². The van der Waals surface area contributed by atoms with E-state index in [0.717, 1.165) is 11.4 Å². The van der Waals surface area contributed by atoms with Gasteiger partial charge in [0.15, 0.2) is 5.82 Å². The van der Waals surface area contributed by atoms with Gasteiger partial charge in [-0.15, -0.1) is 0 Å². The molecule has 154 valence electrons. The standard InChI is InChI=1S/C20H24N4O4S/c1-14-4-6-15(7-5-14)12-20-22-19(23-24-20)10-11-21-29(25,26)18-13-16(27-2)8-9-17(18)28-3/h4-9,13,21H,10-12H2,1-3H3,(H,22,23,24). The molecule has 0 aliphatic rings. The Morgan fingerprint density at radius 2 is 1.83 bits per heavy atom. The highest BCUT2D eigenvalue weighted by Gasteiger charge is 2.20. The number of nitrogens with one attached hydrogen (secondary N) is 2. The van der Waals surface area contributed by atoms with Crippen LogP contribution in [0.25, 0.3) is 0 Å². The van der Waals surface area contributed by atoms with Crippen LogP contribution in [0.15, 0.2) is 47.4 Å². The number of benzene rings is 2. The lowest BCUT2D eigenvalue weighted by molar-refractivity contribution is 0.392. The van der Waals surface area contributed by atoms with Crippen LogP contribution < -0.4 is 14.2 Å². The van der Waals surface area contributed by atoms with E-state index in [9.17, 15) is 8.42 Å². The van der Waals surface area contributed by atoms with Crippen molar-refractivity contribution >= 4 is 10.0 Å². The molecule has 0 spiro atoms. The second kappa shape index (κ2) is 9.06. The lowest BCUT2D eigenvalue weighted by atomic mass is 10.1. The lowest BCUT2D eigenvalue weighted by Crippen LogP contribution is -2.26. The van der Waals surface area contributed by atoms with Crippen molar-refractivity contribution in [3.8, 4) is 11.5 Å². The zero-order valence-electron chi connectivity index (χ0n) is 16.6. The zero-order valence-corrected chi connectivity index (χ0v) is 17.4. The summed E-state index contributed by atoms with van der Waals surface area (Å²) in [4.78, 5) is 4.46. The third kappa shape index (κ3) is 5.33. The van der Waals surface area contributed by atoms with Crippen LogP contribution in [0.3, 0.4) is 0 Å². The van der Waals surface area contributed by atoms with Crippen molar-refractivity contribution in [2.45, 2.75) is 24.7 Å². The van der Waals surface area contributed by atoms with Gasteiger partial charge in [-0.05, 0) is 24.6 Å². The molecule has 3 rings (SSSR count). The van der Waals surface area contributed by atoms with Crippen LogP contribution in [0.2, 0.25) is 0 Å². The molecule has 0 radical (unpaired) electrons. The molecule has 1 heterocycles. The molecule has 1 aromatic heterocycles. The largest absolute Gasteiger partial charge is 0.497 e. The molecule has 0 bridgehead atoms. The number of aryl methyl sites for hydroxylation is 1. The Morgan fingerprint density at radius 3 is 2.52 bits per heavy atom. The smallest absolute Gasteiger partial charge is 0.244 e. The number of nitrogens with zero attached hydrogens (tertiary/aromatic N) is 2. The molecule has 0 atom stereocenters. The molecule has 3 aromatic rings. The first-order valence-electron chi connectivity index (χ1n) is 9.08. The van der Waals surface area contributed by atoms with Crippen molar-refractivity contribution in [2.24, 2.45) is 0 Å². The van der Waals surface area contributed by atoms with Crippen molar-refractivity contribution in [2.75, 3.05) is 20.8 Å². The summed E-state index contributed by atoms with van der Waals surface area (Å²) in [6.45, 7) is 2.20. The Balaban J connectivity index is 1.61. The van der Waals surface area contributed by atoms with E-state index in [2.05, 4.69) is 19.9 Å². The minimum Gasteiger partial charge on any atom is -0.497 e. The average molecular weight is 417 g/mol. The fraction of sp³-hybridized carbons (Fsp3) is 0.300. The summed E-state index contributed by atoms with van der Waals surface area (Å²) in [5.41, 5.74) is 2.33. The summed E-state index contributed by atoms with van der Waals surface area (Å²) in [6.07, 6.45) is 0.996. The van der Waals surface area contributed by atoms with Crippen molar-refractivity contribution in [3.05, 3.63) is 65.2 Å². The van der Waals surface area contributed by atoms with E-state index >= 15 is 0 Å². The maximum Gasteiger partial charge on any atom is 0.244 e. The van der Waals surface area contributed by atoms with E-state index in [0.29, 0.717) is 24.4 Å². The monoisotopic (exact) mass is 416 g/mol. The van der Waals surface area contributed by atoms with Crippen LogP contribution in [0, 0.1) is 6.92 Å². The van der Waals surface area contributed by atoms with E-state index in [1.54, 1.807) is 12.1 Å². The van der Waals surface area contributed by atoms with Gasteiger partial charge < -0.3 is 9.47 Å². The van der Waals surface area contributed by atoms with E-state index in [4.69, 9.17) is 9.47 Å². The Hall–Kier alpha value is -2.91. The number of sulfonamides is 1. The Kier molecular flexibility index (Phi) is 6.50. The van der Waals surface area contributed by atoms with E-state index in [-0.39, 0.29) is 17.2 Å². The molecule has 2 aromatic carbocycles. The lowest BCUT2D eigenvalue weighted by Gasteiger charge is -2.11. The maximum absolute atomic E-state index is 12.6. The van der Waals surface area contributed by atoms with Crippen molar-refractivity contribution in [1.82, 2.24) is 19.9 Å². The zero-order chi connectivity index (χ0) is 20.9. The van der Waals surface area contributed by atoms with Crippen molar-refractivity contribution in [1.29, 1.82) is 0 Å². The number of aromatic amines is 1. The highest BCUT2D eigenvalue weighted by Crippen LogP contribution is 2.27. The number of ether oxygens (including phenoxy) is 2. The molecule has 0 saturated carbocycles. The van der Waals surface area contributed by atoms with Gasteiger partial charge in [0.25, 0.3) is 0 Å². The molecule has 0 aliphatic heterocycles. The first kappa shape index (κ1) is 20.8. The summed E-state index contributed by atoms with van der Waals surface area (Å²) in [6, 6.07) is 12.8. The molecule has 9 heteroatoms. The van der Waals surface area contributed by atoms with Crippen LogP contribution in [-0.4, -0.2) is 44.4 Å². The van der Waals surface area contributed by atoms with Crippen LogP contribution in [0.4, 0.5) is 0 Å². The normalized spacial score (nSPS) is 11.4. The number of hydrogen-bond acceptors (Lipinski definition) is 6. The fourth-order valence-electron chi connectivity index (χ4n) is 2.79. The van der Waals surface area contributed by atoms with Crippen molar-refractivity contribution in [3.63, 3.8) is 0 Å². The van der Waals surface area contributed by atoms with Gasteiger partial charge in [0.2, 0.25) is 10.0 Å². The molecule has 0 amide bonds. The predicted octanol–water partition coefficient (Wildman–Crippen LogP) is 2.24. The fourth-order valence-corrected chi connectivity index (χ4v) is 4.01. The van der Waals surface area contributed by atoms with Gasteiger partial charge in [-0.2, -0.15) is 5.10 Å². The van der Waals surface area contributed by atoms with Gasteiger partial charge in [0, 0.05) is 25.5 Å². The van der Waals surface area contributed by atoms with Crippen LogP contribution in [0.5, 0.6) is 11.5 Å². The van der Waals surface area contributed by atoms with Gasteiger partial charge in [0.1, 0.15) is 22.2 Å². The summed E-state index contributed by atoms with van der Waals surface area (Å²) < 4.78 is 38.1. The molecule has 2 N–H and O–H groups in total. The summed E-state index contributed by atoms with van der Waals surface area (Å²) in [7, 11) is -0.876. The number of aromatic nitrogens is 3. The highest BCUT2D eigenvalue weighted by molar-refractivity contribution is 7.89. The van der Waals surface area contributed by atoms with Crippen molar-refractivity contribution < 1.29 is 17.9 Å². The second-order valence-corrected chi connectivity index (χ2v) is 8.26. The first-order valence-corrected chi connectivity index (χ1v) is 10.6. The average Bonchev–Trinajstić information content (AvgIpc) is 3.16. The quantitative estimate of drug-likeness (QED) is 0.554. The number of rotatable bonds is 9. The first-order chi connectivity index (χ1) is 13.9. The van der Waals surface area contributed by atoms with Gasteiger partial charge in [-0.3, -0.25) is 5.10 Å². The van der Waals surface area contributed by atoms with Gasteiger partial charge in [-0.25, -0.2) is 18.1 Å². The van der Waals surface area contributed by atoms with E-state index < -0.39 is 10.0 Å². The molecule has 0 unspecified atom stereocenters. The predicted molar refractivity (Wildman–Crippen MR) is 109 cm³/mol.